The number of hydrogen-bond donors (Lipinski definition) is 1. The molecule has 1 aromatic carbocycles. The maximum Gasteiger partial charge on any atom is 0.225 e. The maximum atomic E-state index is 12.8. The molecule has 3 rings (SSSR count). The van der Waals surface area contributed by atoms with Gasteiger partial charge in [-0.2, -0.15) is 0 Å². The number of likely N-dealkylation sites (tertiary alicyclic amines) is 1. The van der Waals surface area contributed by atoms with Crippen LogP contribution in [-0.2, 0) is 16.1 Å². The third kappa shape index (κ3) is 3.74. The first-order valence-electron chi connectivity index (χ1n) is 8.72. The van der Waals surface area contributed by atoms with E-state index >= 15 is 0 Å². The van der Waals surface area contributed by atoms with Gasteiger partial charge in [-0.25, -0.2) is 0 Å². The van der Waals surface area contributed by atoms with Crippen molar-refractivity contribution in [2.45, 2.75) is 32.4 Å². The van der Waals surface area contributed by atoms with Crippen LogP contribution in [0.4, 0.5) is 0 Å². The lowest BCUT2D eigenvalue weighted by molar-refractivity contribution is -0.141. The van der Waals surface area contributed by atoms with Gasteiger partial charge in [-0.05, 0) is 43.2 Å². The van der Waals surface area contributed by atoms with E-state index in [2.05, 4.69) is 5.32 Å². The Labute approximate surface area is 153 Å². The molecule has 0 spiro atoms. The van der Waals surface area contributed by atoms with Crippen LogP contribution >= 0.6 is 0 Å². The minimum Gasteiger partial charge on any atom is -0.497 e. The highest BCUT2D eigenvalue weighted by atomic mass is 16.5. The van der Waals surface area contributed by atoms with Crippen molar-refractivity contribution in [3.05, 3.63) is 53.5 Å². The molecule has 0 radical (unpaired) electrons. The van der Waals surface area contributed by atoms with Gasteiger partial charge < -0.3 is 19.4 Å². The summed E-state index contributed by atoms with van der Waals surface area (Å²) in [5.74, 6) is 1.95. The number of methoxy groups -OCH3 is 1. The molecule has 2 aromatic rings. The lowest BCUT2D eigenvalue weighted by atomic mass is 9.84. The molecule has 26 heavy (non-hydrogen) atoms. The van der Waals surface area contributed by atoms with E-state index in [9.17, 15) is 9.59 Å². The number of hydrogen-bond acceptors (Lipinski definition) is 4. The summed E-state index contributed by atoms with van der Waals surface area (Å²) in [5, 5.41) is 2.94. The van der Waals surface area contributed by atoms with Crippen LogP contribution < -0.4 is 10.1 Å². The SMILES string of the molecule is COc1ccc([C@H]2[C@H](C(=O)NCc3ccc(C)o3)CCC(=O)N2C)cc1. The fourth-order valence-electron chi connectivity index (χ4n) is 3.46. The van der Waals surface area contributed by atoms with Gasteiger partial charge in [-0.3, -0.25) is 9.59 Å². The van der Waals surface area contributed by atoms with Crippen LogP contribution in [0.15, 0.2) is 40.8 Å². The minimum atomic E-state index is -0.304. The van der Waals surface area contributed by atoms with Crippen LogP contribution in [0.25, 0.3) is 0 Å². The van der Waals surface area contributed by atoms with Crippen molar-refractivity contribution in [2.24, 2.45) is 5.92 Å². The minimum absolute atomic E-state index is 0.0523. The molecule has 1 aromatic heterocycles. The highest BCUT2D eigenvalue weighted by Gasteiger charge is 2.38. The maximum absolute atomic E-state index is 12.8. The number of benzene rings is 1. The van der Waals surface area contributed by atoms with Gasteiger partial charge in [0, 0.05) is 13.5 Å². The summed E-state index contributed by atoms with van der Waals surface area (Å²) >= 11 is 0. The van der Waals surface area contributed by atoms with Crippen molar-refractivity contribution in [3.63, 3.8) is 0 Å². The molecule has 1 aliphatic rings. The molecule has 2 atom stereocenters. The Balaban J connectivity index is 1.77. The third-order valence-electron chi connectivity index (χ3n) is 4.89. The molecule has 1 saturated heterocycles. The average Bonchev–Trinajstić information content (AvgIpc) is 3.07. The van der Waals surface area contributed by atoms with Crippen LogP contribution in [0.2, 0.25) is 0 Å². The summed E-state index contributed by atoms with van der Waals surface area (Å²) in [6, 6.07) is 11.0. The Morgan fingerprint density at radius 1 is 1.27 bits per heavy atom. The molecule has 1 aliphatic heterocycles. The van der Waals surface area contributed by atoms with E-state index in [0.29, 0.717) is 19.4 Å². The predicted molar refractivity (Wildman–Crippen MR) is 96.5 cm³/mol. The van der Waals surface area contributed by atoms with Crippen molar-refractivity contribution < 1.29 is 18.7 Å². The second-order valence-corrected chi connectivity index (χ2v) is 6.60. The summed E-state index contributed by atoms with van der Waals surface area (Å²) in [6.45, 7) is 2.21. The quantitative estimate of drug-likeness (QED) is 0.894. The monoisotopic (exact) mass is 356 g/mol. The van der Waals surface area contributed by atoms with E-state index in [-0.39, 0.29) is 23.8 Å². The second kappa shape index (κ2) is 7.64. The molecule has 138 valence electrons. The van der Waals surface area contributed by atoms with E-state index in [4.69, 9.17) is 9.15 Å². The first kappa shape index (κ1) is 18.0. The Bertz CT molecular complexity index is 781. The zero-order valence-electron chi connectivity index (χ0n) is 15.3. The van der Waals surface area contributed by atoms with E-state index in [1.165, 1.54) is 0 Å². The number of nitrogens with zero attached hydrogens (tertiary/aromatic N) is 1. The van der Waals surface area contributed by atoms with Gasteiger partial charge in [0.15, 0.2) is 0 Å². The van der Waals surface area contributed by atoms with Crippen LogP contribution in [0.3, 0.4) is 0 Å². The van der Waals surface area contributed by atoms with Gasteiger partial charge in [0.1, 0.15) is 17.3 Å². The Hall–Kier alpha value is -2.76. The topological polar surface area (TPSA) is 71.8 Å². The number of amides is 2. The van der Waals surface area contributed by atoms with Crippen LogP contribution in [0, 0.1) is 12.8 Å². The average molecular weight is 356 g/mol. The number of aryl methyl sites for hydroxylation is 1. The summed E-state index contributed by atoms with van der Waals surface area (Å²) in [7, 11) is 3.37. The largest absolute Gasteiger partial charge is 0.497 e. The van der Waals surface area contributed by atoms with Crippen molar-refractivity contribution in [1.82, 2.24) is 10.2 Å². The number of nitrogens with one attached hydrogen (secondary N) is 1. The standard InChI is InChI=1S/C20H24N2O4/c1-13-4-7-16(26-13)12-21-20(24)17-10-11-18(23)22(2)19(17)14-5-8-15(25-3)9-6-14/h4-9,17,19H,10-12H2,1-3H3,(H,21,24)/t17-,19+/m1/s1. The first-order valence-corrected chi connectivity index (χ1v) is 8.72. The molecule has 0 bridgehead atoms. The van der Waals surface area contributed by atoms with Crippen molar-refractivity contribution in [3.8, 4) is 5.75 Å². The van der Waals surface area contributed by atoms with Gasteiger partial charge in [0.25, 0.3) is 0 Å². The van der Waals surface area contributed by atoms with Crippen LogP contribution in [0.1, 0.15) is 36.0 Å². The number of carbonyl (C=O) groups excluding carboxylic acids is 2. The molecule has 0 aliphatic carbocycles. The number of furan rings is 1. The summed E-state index contributed by atoms with van der Waals surface area (Å²) in [4.78, 5) is 26.7. The normalized spacial score (nSPS) is 20.1. The molecule has 6 heteroatoms. The lowest BCUT2D eigenvalue weighted by Crippen LogP contribution is -2.46. The molecule has 2 heterocycles. The molecule has 0 saturated carbocycles. The fraction of sp³-hybridized carbons (Fsp3) is 0.400. The third-order valence-corrected chi connectivity index (χ3v) is 4.89. The smallest absolute Gasteiger partial charge is 0.225 e. The van der Waals surface area contributed by atoms with Gasteiger partial charge in [0.05, 0.1) is 25.6 Å². The van der Waals surface area contributed by atoms with Crippen molar-refractivity contribution in [1.29, 1.82) is 0 Å². The summed E-state index contributed by atoms with van der Waals surface area (Å²) in [6.07, 6.45) is 0.907. The molecule has 1 fully saturated rings. The van der Waals surface area contributed by atoms with E-state index in [1.807, 2.05) is 43.3 Å². The number of rotatable bonds is 5. The fourth-order valence-corrected chi connectivity index (χ4v) is 3.46. The molecular formula is C20H24N2O4. The zero-order chi connectivity index (χ0) is 18.7. The molecule has 1 N–H and O–H groups in total. The van der Waals surface area contributed by atoms with E-state index < -0.39 is 0 Å². The number of carbonyl (C=O) groups is 2. The van der Waals surface area contributed by atoms with E-state index in [0.717, 1.165) is 22.8 Å². The Morgan fingerprint density at radius 2 is 2.00 bits per heavy atom. The summed E-state index contributed by atoms with van der Waals surface area (Å²) < 4.78 is 10.7. The van der Waals surface area contributed by atoms with Gasteiger partial charge in [-0.15, -0.1) is 0 Å². The Morgan fingerprint density at radius 3 is 2.62 bits per heavy atom. The number of ether oxygens (including phenoxy) is 1. The zero-order valence-corrected chi connectivity index (χ0v) is 15.3. The van der Waals surface area contributed by atoms with Crippen LogP contribution in [-0.4, -0.2) is 30.9 Å². The van der Waals surface area contributed by atoms with Gasteiger partial charge in [-0.1, -0.05) is 12.1 Å². The number of piperidine rings is 1. The predicted octanol–water partition coefficient (Wildman–Crippen LogP) is 2.82. The highest BCUT2D eigenvalue weighted by molar-refractivity contribution is 5.84. The summed E-state index contributed by atoms with van der Waals surface area (Å²) in [5.41, 5.74) is 0.926. The van der Waals surface area contributed by atoms with Gasteiger partial charge in [0.2, 0.25) is 11.8 Å². The molecule has 6 nitrogen and oxygen atoms in total. The Kier molecular flexibility index (Phi) is 5.30. The lowest BCUT2D eigenvalue weighted by Gasteiger charge is -2.38. The molecular weight excluding hydrogens is 332 g/mol. The van der Waals surface area contributed by atoms with Crippen LogP contribution in [0.5, 0.6) is 5.75 Å². The van der Waals surface area contributed by atoms with Crippen molar-refractivity contribution >= 4 is 11.8 Å². The van der Waals surface area contributed by atoms with Crippen molar-refractivity contribution in [2.75, 3.05) is 14.2 Å². The highest BCUT2D eigenvalue weighted by Crippen LogP contribution is 2.36. The first-order chi connectivity index (χ1) is 12.5. The van der Waals surface area contributed by atoms with E-state index in [1.54, 1.807) is 19.1 Å². The molecule has 0 unspecified atom stereocenters. The molecule has 2 amide bonds. The second-order valence-electron chi connectivity index (χ2n) is 6.60. The van der Waals surface area contributed by atoms with Gasteiger partial charge >= 0.3 is 0 Å².